The van der Waals surface area contributed by atoms with Crippen LogP contribution in [-0.2, 0) is 19.1 Å². The van der Waals surface area contributed by atoms with Crippen molar-refractivity contribution >= 4 is 17.9 Å². The molecule has 7 atom stereocenters. The summed E-state index contributed by atoms with van der Waals surface area (Å²) in [6.45, 7) is 3.89. The summed E-state index contributed by atoms with van der Waals surface area (Å²) >= 11 is 0. The molecular weight excluding hydrogens is 376 g/mol. The van der Waals surface area contributed by atoms with Gasteiger partial charge in [0, 0.05) is 16.7 Å². The van der Waals surface area contributed by atoms with Gasteiger partial charge in [0.05, 0.1) is 13.2 Å². The van der Waals surface area contributed by atoms with Crippen molar-refractivity contribution in [1.29, 1.82) is 0 Å². The highest BCUT2D eigenvalue weighted by Gasteiger charge is 2.71. The fourth-order valence-electron chi connectivity index (χ4n) is 7.06. The molecule has 0 aromatic heterocycles. The van der Waals surface area contributed by atoms with Crippen molar-refractivity contribution in [3.05, 3.63) is 23.8 Å². The number of ketones is 1. The topological polar surface area (TPSA) is 110 Å². The van der Waals surface area contributed by atoms with Crippen molar-refractivity contribution < 1.29 is 34.1 Å². The Morgan fingerprint density at radius 2 is 1.97 bits per heavy atom. The van der Waals surface area contributed by atoms with Gasteiger partial charge in [0.2, 0.25) is 5.60 Å². The fraction of sp³-hybridized carbons (Fsp3) is 0.682. The average Bonchev–Trinajstić information content (AvgIpc) is 2.94. The minimum Gasteiger partial charge on any atom is -0.478 e. The number of aliphatic carboxylic acids is 1. The van der Waals surface area contributed by atoms with Crippen LogP contribution in [0, 0.1) is 28.6 Å². The van der Waals surface area contributed by atoms with Gasteiger partial charge < -0.3 is 19.7 Å². The van der Waals surface area contributed by atoms with E-state index in [4.69, 9.17) is 4.74 Å². The summed E-state index contributed by atoms with van der Waals surface area (Å²) in [5.41, 5.74) is -2.00. The van der Waals surface area contributed by atoms with Gasteiger partial charge in [0.25, 0.3) is 0 Å². The lowest BCUT2D eigenvalue weighted by atomic mass is 9.46. The normalized spacial score (nSPS) is 45.5. The number of hydrogen-bond acceptors (Lipinski definition) is 6. The van der Waals surface area contributed by atoms with Gasteiger partial charge >= 0.3 is 12.1 Å². The number of methoxy groups -OCH3 is 1. The monoisotopic (exact) mass is 404 g/mol. The zero-order valence-electron chi connectivity index (χ0n) is 17.0. The second-order valence-corrected chi connectivity index (χ2v) is 9.44. The molecule has 0 heterocycles. The van der Waals surface area contributed by atoms with E-state index in [1.54, 1.807) is 12.2 Å². The van der Waals surface area contributed by atoms with Crippen LogP contribution < -0.4 is 0 Å². The zero-order valence-corrected chi connectivity index (χ0v) is 17.0. The number of carbonyl (C=O) groups excluding carboxylic acids is 2. The predicted octanol–water partition coefficient (Wildman–Crippen LogP) is 2.87. The fourth-order valence-corrected chi connectivity index (χ4v) is 7.06. The molecule has 4 aliphatic rings. The molecule has 0 aliphatic heterocycles. The van der Waals surface area contributed by atoms with Gasteiger partial charge in [-0.25, -0.2) is 9.59 Å². The summed E-state index contributed by atoms with van der Waals surface area (Å²) in [4.78, 5) is 36.1. The number of carboxylic acid groups (broad SMARTS) is 1. The van der Waals surface area contributed by atoms with Crippen LogP contribution in [0.3, 0.4) is 0 Å². The zero-order chi connectivity index (χ0) is 21.2. The van der Waals surface area contributed by atoms with E-state index in [9.17, 15) is 24.6 Å². The lowest BCUT2D eigenvalue weighted by Crippen LogP contribution is -2.62. The first kappa shape index (κ1) is 20.1. The quantitative estimate of drug-likeness (QED) is 0.681. The van der Waals surface area contributed by atoms with Gasteiger partial charge in [-0.1, -0.05) is 25.5 Å². The molecule has 0 unspecified atom stereocenters. The molecule has 7 nitrogen and oxygen atoms in total. The maximum atomic E-state index is 12.4. The van der Waals surface area contributed by atoms with Crippen molar-refractivity contribution in [1.82, 2.24) is 0 Å². The molecule has 0 amide bonds. The smallest absolute Gasteiger partial charge is 0.478 e. The molecule has 29 heavy (non-hydrogen) atoms. The van der Waals surface area contributed by atoms with E-state index in [0.717, 1.165) is 25.5 Å². The Balaban J connectivity index is 1.75. The van der Waals surface area contributed by atoms with Crippen LogP contribution in [0.4, 0.5) is 4.79 Å². The Labute approximate surface area is 169 Å². The van der Waals surface area contributed by atoms with Crippen LogP contribution >= 0.6 is 0 Å². The van der Waals surface area contributed by atoms with Crippen LogP contribution in [0.1, 0.15) is 46.0 Å². The standard InChI is InChI=1S/C22H28O7/c1-20-8-6-13(23)10-12(20)4-5-14-15-7-9-22(18(25)26,29-19(27)28-3)21(15,2)11-16(24)17(14)20/h6,8,10,14-17,24H,4-5,7,9,11H2,1-3H3,(H,25,26)/t14-,15-,16-,17+,20-,21-,22-/m0/s1. The van der Waals surface area contributed by atoms with E-state index in [1.807, 2.05) is 13.0 Å². The summed E-state index contributed by atoms with van der Waals surface area (Å²) < 4.78 is 10.0. The Morgan fingerprint density at radius 1 is 1.24 bits per heavy atom. The highest BCUT2D eigenvalue weighted by molar-refractivity contribution is 6.01. The first-order chi connectivity index (χ1) is 13.6. The van der Waals surface area contributed by atoms with Gasteiger partial charge in [-0.2, -0.15) is 0 Å². The largest absolute Gasteiger partial charge is 0.509 e. The first-order valence-electron chi connectivity index (χ1n) is 10.2. The predicted molar refractivity (Wildman–Crippen MR) is 102 cm³/mol. The molecule has 0 spiro atoms. The van der Waals surface area contributed by atoms with Crippen LogP contribution in [-0.4, -0.2) is 46.9 Å². The van der Waals surface area contributed by atoms with Crippen molar-refractivity contribution in [2.75, 3.05) is 7.11 Å². The van der Waals surface area contributed by atoms with E-state index >= 15 is 0 Å². The average molecular weight is 404 g/mol. The molecule has 4 rings (SSSR count). The highest BCUT2D eigenvalue weighted by Crippen LogP contribution is 2.67. The maximum absolute atomic E-state index is 12.4. The summed E-state index contributed by atoms with van der Waals surface area (Å²) in [6, 6.07) is 0. The van der Waals surface area contributed by atoms with Gasteiger partial charge in [0.15, 0.2) is 5.78 Å². The number of carboxylic acids is 1. The van der Waals surface area contributed by atoms with Crippen LogP contribution in [0.25, 0.3) is 0 Å². The number of carbonyl (C=O) groups is 3. The molecule has 0 saturated heterocycles. The summed E-state index contributed by atoms with van der Waals surface area (Å²) in [5, 5.41) is 21.4. The molecule has 0 aromatic carbocycles. The van der Waals surface area contributed by atoms with E-state index in [-0.39, 0.29) is 36.4 Å². The Morgan fingerprint density at radius 3 is 2.62 bits per heavy atom. The lowest BCUT2D eigenvalue weighted by molar-refractivity contribution is -0.195. The van der Waals surface area contributed by atoms with Crippen LogP contribution in [0.5, 0.6) is 0 Å². The molecule has 3 saturated carbocycles. The second-order valence-electron chi connectivity index (χ2n) is 9.44. The van der Waals surface area contributed by atoms with E-state index in [0.29, 0.717) is 6.42 Å². The third-order valence-electron chi connectivity index (χ3n) is 8.39. The third-order valence-corrected chi connectivity index (χ3v) is 8.39. The summed E-state index contributed by atoms with van der Waals surface area (Å²) in [6.07, 6.45) is 5.92. The van der Waals surface area contributed by atoms with Crippen LogP contribution in [0.2, 0.25) is 0 Å². The second kappa shape index (κ2) is 6.42. The number of fused-ring (bicyclic) bond motifs is 5. The Kier molecular flexibility index (Phi) is 4.46. The molecule has 158 valence electrons. The van der Waals surface area contributed by atoms with E-state index < -0.39 is 34.7 Å². The first-order valence-corrected chi connectivity index (χ1v) is 10.2. The number of rotatable bonds is 2. The number of ether oxygens (including phenoxy) is 2. The molecule has 2 N–H and O–H groups in total. The van der Waals surface area contributed by atoms with E-state index in [2.05, 4.69) is 11.7 Å². The Bertz CT molecular complexity index is 829. The third kappa shape index (κ3) is 2.56. The maximum Gasteiger partial charge on any atom is 0.509 e. The molecule has 3 fully saturated rings. The van der Waals surface area contributed by atoms with Gasteiger partial charge in [-0.05, 0) is 56.1 Å². The number of hydrogen-bond donors (Lipinski definition) is 2. The molecule has 0 bridgehead atoms. The Hall–Kier alpha value is -2.15. The number of aliphatic hydroxyl groups excluding tert-OH is 1. The van der Waals surface area contributed by atoms with E-state index in [1.165, 1.54) is 0 Å². The molecule has 4 aliphatic carbocycles. The lowest BCUT2D eigenvalue weighted by Gasteiger charge is -2.59. The minimum absolute atomic E-state index is 0.0129. The summed E-state index contributed by atoms with van der Waals surface area (Å²) in [7, 11) is 1.16. The van der Waals surface area contributed by atoms with Gasteiger partial charge in [0.1, 0.15) is 0 Å². The van der Waals surface area contributed by atoms with Gasteiger partial charge in [-0.3, -0.25) is 4.79 Å². The van der Waals surface area contributed by atoms with Crippen LogP contribution in [0.15, 0.2) is 23.8 Å². The van der Waals surface area contributed by atoms with Crippen molar-refractivity contribution in [3.8, 4) is 0 Å². The minimum atomic E-state index is -1.72. The molecule has 0 radical (unpaired) electrons. The van der Waals surface area contributed by atoms with Crippen molar-refractivity contribution in [3.63, 3.8) is 0 Å². The number of aliphatic hydroxyl groups is 1. The summed E-state index contributed by atoms with van der Waals surface area (Å²) in [5.74, 6) is -1.26. The molecular formula is C22H28O7. The molecule has 7 heteroatoms. The molecule has 0 aromatic rings. The van der Waals surface area contributed by atoms with Crippen molar-refractivity contribution in [2.45, 2.75) is 57.7 Å². The highest BCUT2D eigenvalue weighted by atomic mass is 16.7. The van der Waals surface area contributed by atoms with Gasteiger partial charge in [-0.15, -0.1) is 0 Å². The SMILES string of the molecule is COC(=O)O[C@]1(C(=O)O)CC[C@H]2[C@@H]3CCC4=CC(=O)C=C[C@]4(C)[C@H]3[C@@H](O)C[C@@]21C. The number of allylic oxidation sites excluding steroid dienone is 4. The van der Waals surface area contributed by atoms with Crippen molar-refractivity contribution in [2.24, 2.45) is 28.6 Å².